The molecule has 1 N–H and O–H groups in total. The van der Waals surface area contributed by atoms with Crippen molar-refractivity contribution in [2.24, 2.45) is 0 Å². The molecule has 9 heteroatoms. The van der Waals surface area contributed by atoms with Gasteiger partial charge in [0.05, 0.1) is 19.2 Å². The topological polar surface area (TPSA) is 107 Å². The standard InChI is InChI=1S/C18H16ClN3O5/c19-13-5-3-12(4-6-13)18-21-16(27-22-18)7-8-17(24)26-11-15(23)20-10-14-2-1-9-25-14/h1-6,9H,7-8,10-11H2,(H,20,23). The van der Waals surface area contributed by atoms with Crippen LogP contribution in [0, 0.1) is 0 Å². The summed E-state index contributed by atoms with van der Waals surface area (Å²) in [5.74, 6) is 0.381. The van der Waals surface area contributed by atoms with Gasteiger partial charge in [0, 0.05) is 17.0 Å². The van der Waals surface area contributed by atoms with E-state index in [1.807, 2.05) is 0 Å². The Hall–Kier alpha value is -3.13. The maximum atomic E-state index is 11.7. The highest BCUT2D eigenvalue weighted by Crippen LogP contribution is 2.19. The highest BCUT2D eigenvalue weighted by atomic mass is 35.5. The molecule has 0 fully saturated rings. The average Bonchev–Trinajstić information content (AvgIpc) is 3.35. The zero-order valence-corrected chi connectivity index (χ0v) is 14.9. The number of aryl methyl sites for hydroxylation is 1. The summed E-state index contributed by atoms with van der Waals surface area (Å²) < 4.78 is 15.1. The Labute approximate surface area is 159 Å². The minimum absolute atomic E-state index is 0.0215. The van der Waals surface area contributed by atoms with Gasteiger partial charge in [0.2, 0.25) is 11.7 Å². The fraction of sp³-hybridized carbons (Fsp3) is 0.222. The lowest BCUT2D eigenvalue weighted by molar-refractivity contribution is -0.148. The van der Waals surface area contributed by atoms with E-state index >= 15 is 0 Å². The second-order valence-electron chi connectivity index (χ2n) is 5.54. The summed E-state index contributed by atoms with van der Waals surface area (Å²) in [6.07, 6.45) is 1.75. The fourth-order valence-electron chi connectivity index (χ4n) is 2.15. The Morgan fingerprint density at radius 1 is 1.19 bits per heavy atom. The summed E-state index contributed by atoms with van der Waals surface area (Å²) in [7, 11) is 0. The molecule has 2 aromatic heterocycles. The van der Waals surface area contributed by atoms with Gasteiger partial charge in [0.1, 0.15) is 5.76 Å². The van der Waals surface area contributed by atoms with Crippen molar-refractivity contribution in [3.63, 3.8) is 0 Å². The van der Waals surface area contributed by atoms with E-state index in [1.165, 1.54) is 6.26 Å². The zero-order valence-electron chi connectivity index (χ0n) is 14.2. The number of carbonyl (C=O) groups excluding carboxylic acids is 2. The molecule has 140 valence electrons. The van der Waals surface area contributed by atoms with Gasteiger partial charge in [-0.25, -0.2) is 0 Å². The molecule has 3 rings (SSSR count). The third-order valence-electron chi connectivity index (χ3n) is 3.52. The van der Waals surface area contributed by atoms with Crippen LogP contribution < -0.4 is 5.32 Å². The molecular formula is C18H16ClN3O5. The molecule has 0 aliphatic rings. The normalized spacial score (nSPS) is 10.6. The van der Waals surface area contributed by atoms with Gasteiger partial charge in [-0.2, -0.15) is 4.98 Å². The van der Waals surface area contributed by atoms with Crippen LogP contribution in [-0.2, 0) is 27.3 Å². The molecule has 2 heterocycles. The second kappa shape index (κ2) is 9.00. The second-order valence-corrected chi connectivity index (χ2v) is 5.97. The van der Waals surface area contributed by atoms with Gasteiger partial charge in [-0.1, -0.05) is 16.8 Å². The van der Waals surface area contributed by atoms with Crippen LogP contribution in [0.1, 0.15) is 18.1 Å². The fourth-order valence-corrected chi connectivity index (χ4v) is 2.28. The quantitative estimate of drug-likeness (QED) is 0.590. The molecule has 1 aromatic carbocycles. The van der Waals surface area contributed by atoms with Gasteiger partial charge in [0.15, 0.2) is 6.61 Å². The van der Waals surface area contributed by atoms with E-state index in [9.17, 15) is 9.59 Å². The van der Waals surface area contributed by atoms with Crippen molar-refractivity contribution in [2.45, 2.75) is 19.4 Å². The summed E-state index contributed by atoms with van der Waals surface area (Å²) in [6.45, 7) is -0.127. The summed E-state index contributed by atoms with van der Waals surface area (Å²) in [6, 6.07) is 10.4. The molecule has 0 spiro atoms. The third kappa shape index (κ3) is 5.68. The minimum Gasteiger partial charge on any atom is -0.467 e. The molecule has 3 aromatic rings. The molecule has 8 nitrogen and oxygen atoms in total. The minimum atomic E-state index is -0.533. The number of halogens is 1. The summed E-state index contributed by atoms with van der Waals surface area (Å²) in [4.78, 5) is 27.6. The van der Waals surface area contributed by atoms with E-state index in [0.717, 1.165) is 5.56 Å². The number of ether oxygens (including phenoxy) is 1. The highest BCUT2D eigenvalue weighted by Gasteiger charge is 2.13. The summed E-state index contributed by atoms with van der Waals surface area (Å²) >= 11 is 5.84. The number of nitrogens with zero attached hydrogens (tertiary/aromatic N) is 2. The van der Waals surface area contributed by atoms with Crippen LogP contribution in [0.25, 0.3) is 11.4 Å². The predicted octanol–water partition coefficient (Wildman–Crippen LogP) is 2.78. The maximum Gasteiger partial charge on any atom is 0.306 e. The number of esters is 1. The first-order chi connectivity index (χ1) is 13.1. The number of aromatic nitrogens is 2. The van der Waals surface area contributed by atoms with Gasteiger partial charge in [-0.05, 0) is 36.4 Å². The van der Waals surface area contributed by atoms with Gasteiger partial charge >= 0.3 is 5.97 Å². The molecule has 0 aliphatic carbocycles. The third-order valence-corrected chi connectivity index (χ3v) is 3.77. The lowest BCUT2D eigenvalue weighted by atomic mass is 10.2. The van der Waals surface area contributed by atoms with Crippen molar-refractivity contribution in [3.8, 4) is 11.4 Å². The van der Waals surface area contributed by atoms with E-state index in [1.54, 1.807) is 36.4 Å². The van der Waals surface area contributed by atoms with E-state index in [0.29, 0.717) is 22.5 Å². The number of rotatable bonds is 8. The van der Waals surface area contributed by atoms with Crippen molar-refractivity contribution in [3.05, 3.63) is 59.3 Å². The largest absolute Gasteiger partial charge is 0.467 e. The molecule has 0 radical (unpaired) electrons. The van der Waals surface area contributed by atoms with Crippen LogP contribution in [0.3, 0.4) is 0 Å². The van der Waals surface area contributed by atoms with Crippen molar-refractivity contribution in [2.75, 3.05) is 6.61 Å². The number of carbonyl (C=O) groups is 2. The number of amides is 1. The molecule has 0 aliphatic heterocycles. The molecule has 0 saturated carbocycles. The average molecular weight is 390 g/mol. The van der Waals surface area contributed by atoms with Crippen LogP contribution >= 0.6 is 11.6 Å². The smallest absolute Gasteiger partial charge is 0.306 e. The van der Waals surface area contributed by atoms with E-state index in [4.69, 9.17) is 25.3 Å². The van der Waals surface area contributed by atoms with Crippen LogP contribution in [-0.4, -0.2) is 28.6 Å². The van der Waals surface area contributed by atoms with Gasteiger partial charge in [0.25, 0.3) is 5.91 Å². The lowest BCUT2D eigenvalue weighted by Gasteiger charge is -2.04. The van der Waals surface area contributed by atoms with Gasteiger partial charge < -0.3 is 19.0 Å². The Morgan fingerprint density at radius 3 is 2.74 bits per heavy atom. The van der Waals surface area contributed by atoms with Crippen molar-refractivity contribution < 1.29 is 23.3 Å². The maximum absolute atomic E-state index is 11.7. The number of furan rings is 1. The molecule has 0 atom stereocenters. The molecule has 27 heavy (non-hydrogen) atoms. The highest BCUT2D eigenvalue weighted by molar-refractivity contribution is 6.30. The number of benzene rings is 1. The Kier molecular flexibility index (Phi) is 6.22. The molecule has 1 amide bonds. The van der Waals surface area contributed by atoms with Gasteiger partial charge in [-0.15, -0.1) is 0 Å². The zero-order chi connectivity index (χ0) is 19.1. The first-order valence-electron chi connectivity index (χ1n) is 8.13. The van der Waals surface area contributed by atoms with Crippen LogP contribution in [0.15, 0.2) is 51.6 Å². The monoisotopic (exact) mass is 389 g/mol. The lowest BCUT2D eigenvalue weighted by Crippen LogP contribution is -2.28. The predicted molar refractivity (Wildman–Crippen MR) is 94.6 cm³/mol. The van der Waals surface area contributed by atoms with E-state index in [2.05, 4.69) is 15.5 Å². The van der Waals surface area contributed by atoms with Gasteiger partial charge in [-0.3, -0.25) is 9.59 Å². The Balaban J connectivity index is 1.39. The number of hydrogen-bond acceptors (Lipinski definition) is 7. The van der Waals surface area contributed by atoms with Crippen molar-refractivity contribution in [1.29, 1.82) is 0 Å². The summed E-state index contributed by atoms with van der Waals surface area (Å²) in [5.41, 5.74) is 0.755. The first kappa shape index (κ1) is 18.7. The molecular weight excluding hydrogens is 374 g/mol. The molecule has 0 saturated heterocycles. The van der Waals surface area contributed by atoms with Crippen LogP contribution in [0.4, 0.5) is 0 Å². The van der Waals surface area contributed by atoms with E-state index < -0.39 is 11.9 Å². The Morgan fingerprint density at radius 2 is 2.00 bits per heavy atom. The van der Waals surface area contributed by atoms with Crippen LogP contribution in [0.2, 0.25) is 5.02 Å². The van der Waals surface area contributed by atoms with E-state index in [-0.39, 0.29) is 26.0 Å². The molecule has 0 unspecified atom stereocenters. The van der Waals surface area contributed by atoms with Crippen molar-refractivity contribution in [1.82, 2.24) is 15.5 Å². The SMILES string of the molecule is O=C(COC(=O)CCc1nc(-c2ccc(Cl)cc2)no1)NCc1ccco1. The Bertz CT molecular complexity index is 890. The number of hydrogen-bond donors (Lipinski definition) is 1. The first-order valence-corrected chi connectivity index (χ1v) is 8.51. The number of nitrogens with one attached hydrogen (secondary N) is 1. The summed E-state index contributed by atoms with van der Waals surface area (Å²) in [5, 5.41) is 7.05. The van der Waals surface area contributed by atoms with Crippen LogP contribution in [0.5, 0.6) is 0 Å². The molecule has 0 bridgehead atoms. The van der Waals surface area contributed by atoms with Crippen molar-refractivity contribution >= 4 is 23.5 Å².